The first-order chi connectivity index (χ1) is 8.22. The van der Waals surface area contributed by atoms with E-state index in [-0.39, 0.29) is 0 Å². The van der Waals surface area contributed by atoms with Crippen molar-refractivity contribution in [2.24, 2.45) is 0 Å². The molecule has 3 nitrogen and oxygen atoms in total. The number of hydrogen-bond acceptors (Lipinski definition) is 3. The summed E-state index contributed by atoms with van der Waals surface area (Å²) in [5.74, 6) is 0. The van der Waals surface area contributed by atoms with Crippen molar-refractivity contribution >= 4 is 23.6 Å². The number of nitrogens with zero attached hydrogens (tertiary/aromatic N) is 1. The molecule has 0 N–H and O–H groups in total. The first kappa shape index (κ1) is 12.4. The summed E-state index contributed by atoms with van der Waals surface area (Å²) in [5, 5.41) is 0.511. The molecular weight excluding hydrogens is 238 g/mol. The molecule has 1 aliphatic heterocycles. The molecule has 0 amide bonds. The van der Waals surface area contributed by atoms with Gasteiger partial charge in [-0.3, -0.25) is 4.79 Å². The third-order valence-electron chi connectivity index (χ3n) is 3.26. The van der Waals surface area contributed by atoms with Crippen LogP contribution in [0.3, 0.4) is 0 Å². The molecule has 1 heterocycles. The molecular formula is C13H16ClNO2. The molecule has 0 aliphatic carbocycles. The van der Waals surface area contributed by atoms with Gasteiger partial charge in [0, 0.05) is 37.6 Å². The van der Waals surface area contributed by atoms with Crippen molar-refractivity contribution in [1.82, 2.24) is 0 Å². The van der Waals surface area contributed by atoms with Crippen molar-refractivity contribution in [2.45, 2.75) is 18.9 Å². The fourth-order valence-electron chi connectivity index (χ4n) is 2.11. The molecule has 0 saturated carbocycles. The van der Waals surface area contributed by atoms with Gasteiger partial charge in [-0.2, -0.15) is 0 Å². The van der Waals surface area contributed by atoms with Gasteiger partial charge in [0.1, 0.15) is 0 Å². The van der Waals surface area contributed by atoms with Gasteiger partial charge in [0.05, 0.1) is 5.02 Å². The highest BCUT2D eigenvalue weighted by Crippen LogP contribution is 2.25. The lowest BCUT2D eigenvalue weighted by Crippen LogP contribution is -2.36. The van der Waals surface area contributed by atoms with Crippen molar-refractivity contribution in [3.8, 4) is 0 Å². The number of halogens is 1. The van der Waals surface area contributed by atoms with Crippen molar-refractivity contribution in [1.29, 1.82) is 0 Å². The summed E-state index contributed by atoms with van der Waals surface area (Å²) in [6.45, 7) is 1.63. The highest BCUT2D eigenvalue weighted by molar-refractivity contribution is 6.33. The molecule has 1 aromatic rings. The zero-order valence-electron chi connectivity index (χ0n) is 9.86. The second-order valence-electron chi connectivity index (χ2n) is 4.28. The summed E-state index contributed by atoms with van der Waals surface area (Å²) in [6, 6.07) is 6.04. The van der Waals surface area contributed by atoms with Gasteiger partial charge in [-0.05, 0) is 31.0 Å². The van der Waals surface area contributed by atoms with Crippen LogP contribution in [0.2, 0.25) is 5.02 Å². The first-order valence-corrected chi connectivity index (χ1v) is 6.15. The number of carbonyl (C=O) groups is 1. The van der Waals surface area contributed by atoms with E-state index in [9.17, 15) is 4.79 Å². The number of hydrogen-bond donors (Lipinski definition) is 0. The number of carbonyl (C=O) groups excluding carboxylic acids is 1. The summed E-state index contributed by atoms with van der Waals surface area (Å²) in [7, 11) is 2.06. The zero-order chi connectivity index (χ0) is 12.3. The Kier molecular flexibility index (Phi) is 4.02. The van der Waals surface area contributed by atoms with Gasteiger partial charge in [-0.1, -0.05) is 11.6 Å². The van der Waals surface area contributed by atoms with E-state index in [4.69, 9.17) is 16.3 Å². The Morgan fingerprint density at radius 3 is 2.71 bits per heavy atom. The fourth-order valence-corrected chi connectivity index (χ4v) is 2.33. The minimum Gasteiger partial charge on any atom is -0.381 e. The van der Waals surface area contributed by atoms with Crippen LogP contribution in [0.25, 0.3) is 0 Å². The fraction of sp³-hybridized carbons (Fsp3) is 0.462. The van der Waals surface area contributed by atoms with E-state index in [0.29, 0.717) is 16.6 Å². The van der Waals surface area contributed by atoms with Gasteiger partial charge < -0.3 is 9.64 Å². The molecule has 0 bridgehead atoms. The van der Waals surface area contributed by atoms with Crippen LogP contribution in [0.4, 0.5) is 5.69 Å². The Hall–Kier alpha value is -1.06. The maximum atomic E-state index is 10.7. The summed E-state index contributed by atoms with van der Waals surface area (Å²) >= 11 is 6.03. The van der Waals surface area contributed by atoms with Gasteiger partial charge in [-0.15, -0.1) is 0 Å². The number of aldehydes is 1. The molecule has 2 rings (SSSR count). The van der Waals surface area contributed by atoms with E-state index in [1.165, 1.54) is 0 Å². The van der Waals surface area contributed by atoms with E-state index in [1.807, 2.05) is 12.1 Å². The third-order valence-corrected chi connectivity index (χ3v) is 3.58. The van der Waals surface area contributed by atoms with E-state index in [2.05, 4.69) is 11.9 Å². The molecule has 1 saturated heterocycles. The topological polar surface area (TPSA) is 29.5 Å². The standard InChI is InChI=1S/C13H16ClNO2/c1-15(11-4-6-17-7-5-11)12-3-2-10(9-16)13(14)8-12/h2-3,8-9,11H,4-7H2,1H3. The zero-order valence-corrected chi connectivity index (χ0v) is 10.6. The molecule has 0 radical (unpaired) electrons. The summed E-state index contributed by atoms with van der Waals surface area (Å²) in [5.41, 5.74) is 1.59. The Morgan fingerprint density at radius 2 is 2.12 bits per heavy atom. The smallest absolute Gasteiger partial charge is 0.151 e. The minimum absolute atomic E-state index is 0.488. The Balaban J connectivity index is 2.15. The second-order valence-corrected chi connectivity index (χ2v) is 4.69. The SMILES string of the molecule is CN(c1ccc(C=O)c(Cl)c1)C1CCOCC1. The average molecular weight is 254 g/mol. The van der Waals surface area contributed by atoms with Gasteiger partial charge in [0.25, 0.3) is 0 Å². The van der Waals surface area contributed by atoms with Crippen LogP contribution >= 0.6 is 11.6 Å². The maximum absolute atomic E-state index is 10.7. The number of ether oxygens (including phenoxy) is 1. The van der Waals surface area contributed by atoms with Crippen LogP contribution in [0, 0.1) is 0 Å². The molecule has 0 spiro atoms. The third kappa shape index (κ3) is 2.79. The number of anilines is 1. The Bertz CT molecular complexity index is 402. The van der Waals surface area contributed by atoms with Crippen molar-refractivity contribution in [3.05, 3.63) is 28.8 Å². The minimum atomic E-state index is 0.488. The van der Waals surface area contributed by atoms with Crippen LogP contribution < -0.4 is 4.90 Å². The molecule has 1 fully saturated rings. The second kappa shape index (κ2) is 5.52. The van der Waals surface area contributed by atoms with E-state index in [1.54, 1.807) is 6.07 Å². The average Bonchev–Trinajstić information content (AvgIpc) is 2.39. The molecule has 92 valence electrons. The van der Waals surface area contributed by atoms with Crippen LogP contribution in [-0.4, -0.2) is 32.6 Å². The van der Waals surface area contributed by atoms with Crippen LogP contribution in [-0.2, 0) is 4.74 Å². The van der Waals surface area contributed by atoms with Crippen molar-refractivity contribution in [3.63, 3.8) is 0 Å². The lowest BCUT2D eigenvalue weighted by molar-refractivity contribution is 0.0855. The van der Waals surface area contributed by atoms with E-state index >= 15 is 0 Å². The molecule has 0 aromatic heterocycles. The van der Waals surface area contributed by atoms with Crippen LogP contribution in [0.5, 0.6) is 0 Å². The first-order valence-electron chi connectivity index (χ1n) is 5.77. The van der Waals surface area contributed by atoms with Crippen LogP contribution in [0.15, 0.2) is 18.2 Å². The van der Waals surface area contributed by atoms with Gasteiger partial charge in [0.2, 0.25) is 0 Å². The quantitative estimate of drug-likeness (QED) is 0.776. The molecule has 4 heteroatoms. The van der Waals surface area contributed by atoms with Crippen molar-refractivity contribution < 1.29 is 9.53 Å². The lowest BCUT2D eigenvalue weighted by Gasteiger charge is -2.33. The van der Waals surface area contributed by atoms with Gasteiger partial charge in [-0.25, -0.2) is 0 Å². The van der Waals surface area contributed by atoms with Crippen LogP contribution in [0.1, 0.15) is 23.2 Å². The Morgan fingerprint density at radius 1 is 1.41 bits per heavy atom. The normalized spacial score (nSPS) is 16.8. The highest BCUT2D eigenvalue weighted by Gasteiger charge is 2.19. The molecule has 1 aliphatic rings. The number of benzene rings is 1. The summed E-state index contributed by atoms with van der Waals surface area (Å²) < 4.78 is 5.35. The predicted molar refractivity (Wildman–Crippen MR) is 69.1 cm³/mol. The summed E-state index contributed by atoms with van der Waals surface area (Å²) in [6.07, 6.45) is 2.84. The van der Waals surface area contributed by atoms with E-state index < -0.39 is 0 Å². The molecule has 1 aromatic carbocycles. The predicted octanol–water partition coefficient (Wildman–Crippen LogP) is 2.77. The Labute approximate surface area is 106 Å². The number of rotatable bonds is 3. The highest BCUT2D eigenvalue weighted by atomic mass is 35.5. The molecule has 0 atom stereocenters. The molecule has 0 unspecified atom stereocenters. The summed E-state index contributed by atoms with van der Waals surface area (Å²) in [4.78, 5) is 12.9. The largest absolute Gasteiger partial charge is 0.381 e. The maximum Gasteiger partial charge on any atom is 0.151 e. The van der Waals surface area contributed by atoms with Crippen molar-refractivity contribution in [2.75, 3.05) is 25.2 Å². The lowest BCUT2D eigenvalue weighted by atomic mass is 10.1. The monoisotopic (exact) mass is 253 g/mol. The van der Waals surface area contributed by atoms with E-state index in [0.717, 1.165) is 38.0 Å². The van der Waals surface area contributed by atoms with Gasteiger partial charge >= 0.3 is 0 Å². The van der Waals surface area contributed by atoms with Gasteiger partial charge in [0.15, 0.2) is 6.29 Å². The molecule has 17 heavy (non-hydrogen) atoms.